The molecule has 0 unspecified atom stereocenters. The van der Waals surface area contributed by atoms with Crippen LogP contribution in [-0.4, -0.2) is 33.7 Å². The second kappa shape index (κ2) is 6.13. The van der Waals surface area contributed by atoms with E-state index in [1.807, 2.05) is 26.0 Å². The first kappa shape index (κ1) is 16.3. The first-order chi connectivity index (χ1) is 10.9. The van der Waals surface area contributed by atoms with Crippen LogP contribution >= 0.6 is 15.9 Å². The van der Waals surface area contributed by atoms with E-state index in [0.717, 1.165) is 17.0 Å². The lowest BCUT2D eigenvalue weighted by Crippen LogP contribution is -2.30. The van der Waals surface area contributed by atoms with Gasteiger partial charge in [0, 0.05) is 26.1 Å². The molecule has 0 radical (unpaired) electrons. The molecule has 2 aromatic heterocycles. The number of rotatable bonds is 3. The van der Waals surface area contributed by atoms with Crippen molar-refractivity contribution < 1.29 is 13.9 Å². The van der Waals surface area contributed by atoms with Gasteiger partial charge in [-0.05, 0) is 41.9 Å². The Labute approximate surface area is 143 Å². The summed E-state index contributed by atoms with van der Waals surface area (Å²) < 4.78 is 13.6. The normalized spacial score (nSPS) is 20.4. The van der Waals surface area contributed by atoms with Gasteiger partial charge in [0.2, 0.25) is 0 Å². The number of halogens is 1. The maximum Gasteiger partial charge on any atom is 0.272 e. The zero-order valence-corrected chi connectivity index (χ0v) is 15.3. The zero-order chi connectivity index (χ0) is 16.7. The van der Waals surface area contributed by atoms with Gasteiger partial charge in [0.1, 0.15) is 11.5 Å². The lowest BCUT2D eigenvalue weighted by Gasteiger charge is -2.25. The van der Waals surface area contributed by atoms with Crippen molar-refractivity contribution in [1.82, 2.24) is 14.7 Å². The first-order valence-electron chi connectivity index (χ1n) is 7.57. The van der Waals surface area contributed by atoms with E-state index in [2.05, 4.69) is 21.0 Å². The second-order valence-corrected chi connectivity index (χ2v) is 6.78. The molecule has 3 heterocycles. The molecular weight excluding hydrogens is 362 g/mol. The molecule has 7 heteroatoms. The summed E-state index contributed by atoms with van der Waals surface area (Å²) in [6.07, 6.45) is 0.696. The summed E-state index contributed by atoms with van der Waals surface area (Å²) in [6.45, 7) is 4.40. The lowest BCUT2D eigenvalue weighted by molar-refractivity contribution is -0.00713. The van der Waals surface area contributed by atoms with E-state index in [4.69, 9.17) is 9.15 Å². The van der Waals surface area contributed by atoms with E-state index in [-0.39, 0.29) is 18.1 Å². The van der Waals surface area contributed by atoms with Crippen LogP contribution in [0.1, 0.15) is 47.5 Å². The van der Waals surface area contributed by atoms with Crippen molar-refractivity contribution in [2.24, 2.45) is 7.05 Å². The van der Waals surface area contributed by atoms with Crippen LogP contribution in [0.5, 0.6) is 0 Å². The molecule has 3 rings (SSSR count). The van der Waals surface area contributed by atoms with Crippen molar-refractivity contribution in [3.8, 4) is 0 Å². The van der Waals surface area contributed by atoms with Crippen LogP contribution in [0.3, 0.4) is 0 Å². The van der Waals surface area contributed by atoms with E-state index < -0.39 is 0 Å². The van der Waals surface area contributed by atoms with Crippen LogP contribution in [0, 0.1) is 0 Å². The van der Waals surface area contributed by atoms with Gasteiger partial charge in [-0.25, -0.2) is 0 Å². The highest BCUT2D eigenvalue weighted by Gasteiger charge is 2.32. The largest absolute Gasteiger partial charge is 0.452 e. The first-order valence-corrected chi connectivity index (χ1v) is 8.37. The summed E-state index contributed by atoms with van der Waals surface area (Å²) in [4.78, 5) is 14.5. The fraction of sp³-hybridized carbons (Fsp3) is 0.500. The topological polar surface area (TPSA) is 60.5 Å². The number of ether oxygens (including phenoxy) is 1. The van der Waals surface area contributed by atoms with E-state index in [1.165, 1.54) is 0 Å². The van der Waals surface area contributed by atoms with Crippen LogP contribution < -0.4 is 0 Å². The van der Waals surface area contributed by atoms with Crippen molar-refractivity contribution in [1.29, 1.82) is 0 Å². The average molecular weight is 382 g/mol. The number of fused-ring (bicyclic) bond motifs is 1. The minimum Gasteiger partial charge on any atom is -0.452 e. The molecular formula is C16H20BrN3O3. The lowest BCUT2D eigenvalue weighted by atomic mass is 9.99. The van der Waals surface area contributed by atoms with E-state index in [0.29, 0.717) is 23.3 Å². The van der Waals surface area contributed by atoms with Crippen molar-refractivity contribution >= 4 is 21.8 Å². The molecule has 6 nitrogen and oxygen atoms in total. The number of carbonyl (C=O) groups is 1. The number of nitrogens with zero attached hydrogens (tertiary/aromatic N) is 3. The van der Waals surface area contributed by atoms with Crippen LogP contribution in [0.2, 0.25) is 0 Å². The molecule has 0 N–H and O–H groups in total. The average Bonchev–Trinajstić information content (AvgIpc) is 3.01. The van der Waals surface area contributed by atoms with Gasteiger partial charge in [0.05, 0.1) is 24.4 Å². The molecule has 0 fully saturated rings. The van der Waals surface area contributed by atoms with Gasteiger partial charge >= 0.3 is 0 Å². The molecule has 0 bridgehead atoms. The maximum absolute atomic E-state index is 12.9. The monoisotopic (exact) mass is 381 g/mol. The Morgan fingerprint density at radius 3 is 2.87 bits per heavy atom. The fourth-order valence-electron chi connectivity index (χ4n) is 3.06. The van der Waals surface area contributed by atoms with E-state index in [9.17, 15) is 4.79 Å². The Balaban J connectivity index is 1.87. The van der Waals surface area contributed by atoms with Gasteiger partial charge in [0.25, 0.3) is 5.91 Å². The Hall–Kier alpha value is -1.60. The highest BCUT2D eigenvalue weighted by molar-refractivity contribution is 9.10. The molecule has 0 aliphatic carbocycles. The van der Waals surface area contributed by atoms with Crippen molar-refractivity contribution in [2.45, 2.75) is 39.0 Å². The van der Waals surface area contributed by atoms with Crippen LogP contribution in [0.15, 0.2) is 21.2 Å². The molecule has 2 atom stereocenters. The van der Waals surface area contributed by atoms with Crippen molar-refractivity contribution in [3.05, 3.63) is 39.5 Å². The second-order valence-electron chi connectivity index (χ2n) is 6.00. The summed E-state index contributed by atoms with van der Waals surface area (Å²) in [7, 11) is 3.57. The van der Waals surface area contributed by atoms with Crippen LogP contribution in [0.4, 0.5) is 0 Å². The number of hydrogen-bond donors (Lipinski definition) is 0. The summed E-state index contributed by atoms with van der Waals surface area (Å²) in [5, 5.41) is 4.49. The smallest absolute Gasteiger partial charge is 0.272 e. The Morgan fingerprint density at radius 1 is 1.48 bits per heavy atom. The molecule has 0 aromatic carbocycles. The quantitative estimate of drug-likeness (QED) is 0.819. The third-order valence-corrected chi connectivity index (χ3v) is 4.49. The van der Waals surface area contributed by atoms with Crippen LogP contribution in [-0.2, 0) is 24.8 Å². The van der Waals surface area contributed by atoms with Gasteiger partial charge < -0.3 is 14.1 Å². The summed E-state index contributed by atoms with van der Waals surface area (Å²) in [5.74, 6) is 0.670. The zero-order valence-electron chi connectivity index (χ0n) is 13.7. The molecule has 0 saturated carbocycles. The van der Waals surface area contributed by atoms with E-state index >= 15 is 0 Å². The van der Waals surface area contributed by atoms with E-state index in [1.54, 1.807) is 23.7 Å². The third-order valence-electron chi connectivity index (χ3n) is 4.06. The SMILES string of the molecule is C[C@@H]1Cc2c(nn(C)c2C(=O)N(C)Cc2ccc(Br)o2)[C@H](C)O1. The standard InChI is InChI=1S/C16H20BrN3O3/c1-9-7-12-14(10(2)22-9)18-20(4)15(12)16(21)19(3)8-11-5-6-13(17)23-11/h5-6,9-10H,7-8H2,1-4H3/t9-,10+/m1/s1. The molecule has 124 valence electrons. The number of aryl methyl sites for hydroxylation is 1. The van der Waals surface area contributed by atoms with Gasteiger partial charge in [-0.2, -0.15) is 5.10 Å². The molecule has 0 spiro atoms. The Kier molecular flexibility index (Phi) is 4.33. The fourth-order valence-corrected chi connectivity index (χ4v) is 3.40. The predicted octanol–water partition coefficient (Wildman–Crippen LogP) is 3.07. The molecule has 1 aliphatic rings. The highest BCUT2D eigenvalue weighted by atomic mass is 79.9. The molecule has 1 aliphatic heterocycles. The minimum atomic E-state index is -0.0900. The molecule has 2 aromatic rings. The van der Waals surface area contributed by atoms with Crippen molar-refractivity contribution in [3.63, 3.8) is 0 Å². The number of carbonyl (C=O) groups excluding carboxylic acids is 1. The number of furan rings is 1. The maximum atomic E-state index is 12.9. The summed E-state index contributed by atoms with van der Waals surface area (Å²) in [5.41, 5.74) is 2.49. The van der Waals surface area contributed by atoms with Gasteiger partial charge in [-0.15, -0.1) is 0 Å². The number of hydrogen-bond acceptors (Lipinski definition) is 4. The van der Waals surface area contributed by atoms with Gasteiger partial charge in [-0.3, -0.25) is 9.48 Å². The van der Waals surface area contributed by atoms with Gasteiger partial charge in [0.15, 0.2) is 4.67 Å². The predicted molar refractivity (Wildman–Crippen MR) is 88.1 cm³/mol. The van der Waals surface area contributed by atoms with Crippen LogP contribution in [0.25, 0.3) is 0 Å². The number of aromatic nitrogens is 2. The highest BCUT2D eigenvalue weighted by Crippen LogP contribution is 2.31. The summed E-state index contributed by atoms with van der Waals surface area (Å²) in [6, 6.07) is 3.67. The molecule has 0 saturated heterocycles. The Morgan fingerprint density at radius 2 is 2.22 bits per heavy atom. The third kappa shape index (κ3) is 3.07. The summed E-state index contributed by atoms with van der Waals surface area (Å²) >= 11 is 3.27. The van der Waals surface area contributed by atoms with Crippen molar-refractivity contribution in [2.75, 3.05) is 7.05 Å². The molecule has 23 heavy (non-hydrogen) atoms. The Bertz CT molecular complexity index is 737. The minimum absolute atomic E-state index is 0.0601. The molecule has 1 amide bonds. The van der Waals surface area contributed by atoms with Gasteiger partial charge in [-0.1, -0.05) is 0 Å². The number of amides is 1.